The molecule has 10 heteroatoms. The van der Waals surface area contributed by atoms with Crippen molar-refractivity contribution in [3.05, 3.63) is 159 Å². The lowest BCUT2D eigenvalue weighted by Gasteiger charge is -2.17. The highest BCUT2D eigenvalue weighted by Gasteiger charge is 2.28. The molecule has 1 aliphatic heterocycles. The molecule has 6 aromatic carbocycles. The summed E-state index contributed by atoms with van der Waals surface area (Å²) in [5.41, 5.74) is 16.6. The molecule has 4 bridgehead atoms. The van der Waals surface area contributed by atoms with E-state index in [2.05, 4.69) is 79.5 Å². The molecule has 5 aliphatic rings. The molecule has 1 aromatic heterocycles. The number of hydrogen-bond donors (Lipinski definition) is 1. The molecule has 336 valence electrons. The number of nitrogens with one attached hydrogen (secondary N) is 1. The second-order valence-electron chi connectivity index (χ2n) is 16.9. The van der Waals surface area contributed by atoms with Crippen molar-refractivity contribution in [1.82, 2.24) is 9.97 Å². The van der Waals surface area contributed by atoms with Gasteiger partial charge in [-0.2, -0.15) is 0 Å². The van der Waals surface area contributed by atoms with Gasteiger partial charge in [0.1, 0.15) is 17.3 Å². The van der Waals surface area contributed by atoms with Gasteiger partial charge in [0.25, 0.3) is 0 Å². The van der Waals surface area contributed by atoms with Gasteiger partial charge < -0.3 is 33.4 Å². The normalized spacial score (nSPS) is 14.6. The second-order valence-corrected chi connectivity index (χ2v) is 16.9. The lowest BCUT2D eigenvalue weighted by Crippen LogP contribution is -2.14. The first-order chi connectivity index (χ1) is 32.2. The second kappa shape index (κ2) is 19.0. The van der Waals surface area contributed by atoms with Crippen LogP contribution < -0.4 is 28.4 Å². The van der Waals surface area contributed by atoms with E-state index in [1.165, 1.54) is 22.3 Å². The number of aliphatic imine (C=N–C) groups is 2. The topological polar surface area (TPSA) is 109 Å². The molecule has 1 unspecified atom stereocenters. The highest BCUT2D eigenvalue weighted by molar-refractivity contribution is 6.54. The Kier molecular flexibility index (Phi) is 12.7. The molecule has 0 fully saturated rings. The third-order valence-corrected chi connectivity index (χ3v) is 12.8. The van der Waals surface area contributed by atoms with E-state index in [1.54, 1.807) is 42.7 Å². The molecule has 4 aliphatic carbocycles. The summed E-state index contributed by atoms with van der Waals surface area (Å²) in [6.45, 7) is 4.12. The fourth-order valence-electron chi connectivity index (χ4n) is 9.35. The van der Waals surface area contributed by atoms with Gasteiger partial charge in [-0.05, 0) is 165 Å². The van der Waals surface area contributed by atoms with Crippen molar-refractivity contribution in [2.75, 3.05) is 42.7 Å². The van der Waals surface area contributed by atoms with Gasteiger partial charge in [0.2, 0.25) is 0 Å². The molecule has 12 rings (SSSR count). The van der Waals surface area contributed by atoms with E-state index in [-0.39, 0.29) is 0 Å². The van der Waals surface area contributed by atoms with E-state index in [9.17, 15) is 0 Å². The monoisotopic (exact) mass is 880 g/mol. The van der Waals surface area contributed by atoms with Crippen LogP contribution in [0.1, 0.15) is 69.1 Å². The summed E-state index contributed by atoms with van der Waals surface area (Å²) in [5, 5.41) is 0. The van der Waals surface area contributed by atoms with E-state index in [4.69, 9.17) is 43.4 Å². The minimum atomic E-state index is -0.416. The average molecular weight is 881 g/mol. The van der Waals surface area contributed by atoms with Crippen molar-refractivity contribution in [3.63, 3.8) is 0 Å². The zero-order chi connectivity index (χ0) is 45.9. The summed E-state index contributed by atoms with van der Waals surface area (Å²) >= 11 is 0. The van der Waals surface area contributed by atoms with Crippen LogP contribution in [0.25, 0.3) is 33.9 Å². The number of imidazole rings is 1. The van der Waals surface area contributed by atoms with Gasteiger partial charge in [-0.15, -0.1) is 0 Å². The Morgan fingerprint density at radius 2 is 0.939 bits per heavy atom. The number of rotatable bonds is 12. The Hall–Kier alpha value is -7.33. The van der Waals surface area contributed by atoms with Crippen molar-refractivity contribution in [2.45, 2.75) is 58.5 Å². The molecule has 0 saturated heterocycles. The van der Waals surface area contributed by atoms with E-state index in [0.29, 0.717) is 23.0 Å². The van der Waals surface area contributed by atoms with E-state index in [1.807, 2.05) is 48.5 Å². The van der Waals surface area contributed by atoms with Gasteiger partial charge in [0.15, 0.2) is 29.2 Å². The number of hydrogen-bond acceptors (Lipinski definition) is 9. The minimum absolute atomic E-state index is 0.416. The standard InChI is InChI=1S/C56H56N4O6/c1-33-27-39(19-23-45(33)61-3)51-53(41-21-25-47(63-5)49(31-41)65-7)59-55(57-51)43-29-35-11-9-12-36-16-18-38(14-10-13-37(43)17-15-35)44(30-36)56-58-52(40-20-24-46(62-4)34(2)28-40)54(60-56)42-22-26-48(64-6)50(32-42)66-8/h15-32,55H,9-14H2,1-8H3,(H,58,60). The van der Waals surface area contributed by atoms with Crippen molar-refractivity contribution in [3.8, 4) is 68.4 Å². The number of aryl methyl sites for hydroxylation is 6. The predicted octanol–water partition coefficient (Wildman–Crippen LogP) is 11.7. The number of H-pyrrole nitrogens is 1. The molecular weight excluding hydrogens is 825 g/mol. The van der Waals surface area contributed by atoms with Crippen molar-refractivity contribution in [1.29, 1.82) is 0 Å². The number of aromatic nitrogens is 2. The minimum Gasteiger partial charge on any atom is -0.496 e. The van der Waals surface area contributed by atoms with Crippen LogP contribution in [0, 0.1) is 13.8 Å². The summed E-state index contributed by atoms with van der Waals surface area (Å²) in [4.78, 5) is 20.1. The van der Waals surface area contributed by atoms with Crippen LogP contribution in [0.15, 0.2) is 119 Å². The molecule has 0 saturated carbocycles. The molecule has 1 N–H and O–H groups in total. The van der Waals surface area contributed by atoms with Crippen LogP contribution in [-0.2, 0) is 25.7 Å². The first-order valence-corrected chi connectivity index (χ1v) is 22.5. The molecule has 10 nitrogen and oxygen atoms in total. The van der Waals surface area contributed by atoms with Gasteiger partial charge in [-0.3, -0.25) is 9.98 Å². The summed E-state index contributed by atoms with van der Waals surface area (Å²) < 4.78 is 34.0. The van der Waals surface area contributed by atoms with Crippen molar-refractivity contribution < 1.29 is 28.4 Å². The molecule has 0 radical (unpaired) electrons. The Labute approximate surface area is 387 Å². The van der Waals surface area contributed by atoms with Gasteiger partial charge in [0, 0.05) is 33.4 Å². The maximum atomic E-state index is 5.75. The van der Waals surface area contributed by atoms with Gasteiger partial charge in [0.05, 0.1) is 65.5 Å². The fraction of sp³-hybridized carbons (Fsp3) is 0.268. The molecular formula is C56H56N4O6. The summed E-state index contributed by atoms with van der Waals surface area (Å²) in [5.74, 6) is 5.11. The van der Waals surface area contributed by atoms with Crippen molar-refractivity contribution in [2.24, 2.45) is 9.98 Å². The molecule has 7 aromatic rings. The van der Waals surface area contributed by atoms with E-state index in [0.717, 1.165) is 123 Å². The summed E-state index contributed by atoms with van der Waals surface area (Å²) in [6, 6.07) is 38.3. The maximum absolute atomic E-state index is 5.75. The molecule has 0 spiro atoms. The van der Waals surface area contributed by atoms with Crippen molar-refractivity contribution >= 4 is 11.4 Å². The predicted molar refractivity (Wildman–Crippen MR) is 263 cm³/mol. The zero-order valence-electron chi connectivity index (χ0n) is 39.0. The Bertz CT molecular complexity index is 3000. The third-order valence-electron chi connectivity index (χ3n) is 12.8. The SMILES string of the molecule is COc1ccc(C2=NC(c3cc4ccc3CCCc3ccc(cc3-c3nc(-c5ccc(OC)c(C)c5)c(-c5ccc(OC)c(OC)c5)[nH]3)CCC4)N=C2c2ccc(OC)c(OC)c2)cc1C. The Morgan fingerprint density at radius 3 is 1.55 bits per heavy atom. The zero-order valence-corrected chi connectivity index (χ0v) is 39.0. The van der Waals surface area contributed by atoms with Gasteiger partial charge in [-0.1, -0.05) is 30.3 Å². The van der Waals surface area contributed by atoms with Crippen LogP contribution in [0.2, 0.25) is 0 Å². The largest absolute Gasteiger partial charge is 0.496 e. The number of ether oxygens (including phenoxy) is 6. The maximum Gasteiger partial charge on any atom is 0.166 e. The highest BCUT2D eigenvalue weighted by Crippen LogP contribution is 2.41. The van der Waals surface area contributed by atoms with Crippen LogP contribution in [0.3, 0.4) is 0 Å². The Morgan fingerprint density at radius 1 is 0.455 bits per heavy atom. The number of methoxy groups -OCH3 is 6. The van der Waals surface area contributed by atoms with E-state index >= 15 is 0 Å². The number of benzene rings is 6. The van der Waals surface area contributed by atoms with Gasteiger partial charge >= 0.3 is 0 Å². The summed E-state index contributed by atoms with van der Waals surface area (Å²) in [6.07, 6.45) is 5.02. The number of aromatic amines is 1. The highest BCUT2D eigenvalue weighted by atomic mass is 16.5. The molecule has 0 amide bonds. The number of nitrogens with zero attached hydrogens (tertiary/aromatic N) is 3. The van der Waals surface area contributed by atoms with E-state index < -0.39 is 6.17 Å². The molecule has 66 heavy (non-hydrogen) atoms. The quantitative estimate of drug-likeness (QED) is 0.130. The molecule has 2 heterocycles. The lowest BCUT2D eigenvalue weighted by molar-refractivity contribution is 0.355. The van der Waals surface area contributed by atoms with Gasteiger partial charge in [-0.25, -0.2) is 4.98 Å². The molecule has 1 atom stereocenters. The fourth-order valence-corrected chi connectivity index (χ4v) is 9.35. The summed E-state index contributed by atoms with van der Waals surface area (Å²) in [7, 11) is 10.0. The lowest BCUT2D eigenvalue weighted by atomic mass is 9.91. The van der Waals surface area contributed by atoms with Crippen LogP contribution >= 0.6 is 0 Å². The third kappa shape index (κ3) is 8.63. The van der Waals surface area contributed by atoms with Crippen LogP contribution in [0.4, 0.5) is 0 Å². The smallest absolute Gasteiger partial charge is 0.166 e. The first kappa shape index (κ1) is 43.9. The Balaban J connectivity index is 1.09. The van der Waals surface area contributed by atoms with Crippen LogP contribution in [-0.4, -0.2) is 64.1 Å². The van der Waals surface area contributed by atoms with Crippen LogP contribution in [0.5, 0.6) is 34.5 Å². The average Bonchev–Trinajstić information content (AvgIpc) is 4.00. The first-order valence-electron chi connectivity index (χ1n) is 22.5.